The first-order chi connectivity index (χ1) is 11.9. The minimum Gasteiger partial charge on any atom is -0.478 e. The lowest BCUT2D eigenvalue weighted by molar-refractivity contribution is -0.135. The van der Waals surface area contributed by atoms with Crippen LogP contribution in [0.5, 0.6) is 0 Å². The first-order valence-corrected chi connectivity index (χ1v) is 8.08. The molecule has 25 heavy (non-hydrogen) atoms. The zero-order chi connectivity index (χ0) is 18.4. The molecule has 8 heteroatoms. The molecule has 1 aliphatic rings. The molecule has 0 bridgehead atoms. The highest BCUT2D eigenvalue weighted by Crippen LogP contribution is 2.27. The van der Waals surface area contributed by atoms with Crippen LogP contribution in [-0.4, -0.2) is 44.3 Å². The van der Waals surface area contributed by atoms with Crippen LogP contribution in [0.3, 0.4) is 0 Å². The number of aliphatic hydroxyl groups is 1. The number of aliphatic carboxylic acids is 2. The van der Waals surface area contributed by atoms with Crippen molar-refractivity contribution < 1.29 is 29.3 Å². The summed E-state index contributed by atoms with van der Waals surface area (Å²) in [5, 5.41) is 31.2. The molecule has 0 radical (unpaired) electrons. The molecular weight excluding hydrogens is 331 g/mol. The SMILES string of the molecule is O=C(O)/C=C(/CCC[C@@H]1CC[C@H]([C@@H](O)c2cncc(F)c2)N1)C(=O)O. The van der Waals surface area contributed by atoms with Crippen LogP contribution in [0, 0.1) is 5.82 Å². The van der Waals surface area contributed by atoms with Crippen LogP contribution in [0.1, 0.15) is 43.8 Å². The van der Waals surface area contributed by atoms with Gasteiger partial charge in [-0.15, -0.1) is 0 Å². The molecule has 2 rings (SSSR count). The number of aromatic nitrogens is 1. The third-order valence-electron chi connectivity index (χ3n) is 4.30. The number of pyridine rings is 1. The fourth-order valence-electron chi connectivity index (χ4n) is 3.08. The molecule has 2 heterocycles. The van der Waals surface area contributed by atoms with Gasteiger partial charge in [0.2, 0.25) is 0 Å². The molecule has 7 nitrogen and oxygen atoms in total. The number of halogens is 1. The minimum atomic E-state index is -1.27. The van der Waals surface area contributed by atoms with Crippen LogP contribution >= 0.6 is 0 Å². The molecule has 136 valence electrons. The van der Waals surface area contributed by atoms with Crippen molar-refractivity contribution in [1.82, 2.24) is 10.3 Å². The van der Waals surface area contributed by atoms with E-state index in [1.165, 1.54) is 12.3 Å². The summed E-state index contributed by atoms with van der Waals surface area (Å²) < 4.78 is 13.2. The van der Waals surface area contributed by atoms with Crippen molar-refractivity contribution in [2.75, 3.05) is 0 Å². The molecule has 0 aromatic carbocycles. The van der Waals surface area contributed by atoms with Crippen molar-refractivity contribution in [3.05, 3.63) is 41.5 Å². The highest BCUT2D eigenvalue weighted by atomic mass is 19.1. The molecule has 0 amide bonds. The van der Waals surface area contributed by atoms with Crippen molar-refractivity contribution in [1.29, 1.82) is 0 Å². The van der Waals surface area contributed by atoms with Crippen LogP contribution in [0.15, 0.2) is 30.1 Å². The fraction of sp³-hybridized carbons (Fsp3) is 0.471. The summed E-state index contributed by atoms with van der Waals surface area (Å²) in [6.07, 6.45) is 5.21. The van der Waals surface area contributed by atoms with Gasteiger partial charge in [0.05, 0.1) is 12.3 Å². The van der Waals surface area contributed by atoms with E-state index in [2.05, 4.69) is 10.3 Å². The molecular formula is C17H21FN2O5. The summed E-state index contributed by atoms with van der Waals surface area (Å²) in [5.74, 6) is -3.01. The van der Waals surface area contributed by atoms with E-state index >= 15 is 0 Å². The lowest BCUT2D eigenvalue weighted by Gasteiger charge is -2.20. The Hall–Kier alpha value is -2.32. The molecule has 1 aliphatic heterocycles. The molecule has 0 saturated carbocycles. The van der Waals surface area contributed by atoms with E-state index in [1.807, 2.05) is 0 Å². The third kappa shape index (κ3) is 5.61. The van der Waals surface area contributed by atoms with E-state index in [4.69, 9.17) is 10.2 Å². The van der Waals surface area contributed by atoms with E-state index in [1.54, 1.807) is 0 Å². The predicted octanol–water partition coefficient (Wildman–Crippen LogP) is 1.64. The Balaban J connectivity index is 1.83. The monoisotopic (exact) mass is 352 g/mol. The molecule has 1 aromatic rings. The normalized spacial score (nSPS) is 21.9. The molecule has 0 unspecified atom stereocenters. The molecule has 0 spiro atoms. The smallest absolute Gasteiger partial charge is 0.331 e. The summed E-state index contributed by atoms with van der Waals surface area (Å²) in [5.41, 5.74) is 0.281. The van der Waals surface area contributed by atoms with Gasteiger partial charge >= 0.3 is 11.9 Å². The first kappa shape index (κ1) is 19.0. The van der Waals surface area contributed by atoms with E-state index in [0.717, 1.165) is 12.6 Å². The number of carbonyl (C=O) groups is 2. The number of hydrogen-bond donors (Lipinski definition) is 4. The van der Waals surface area contributed by atoms with Gasteiger partial charge in [-0.3, -0.25) is 4.98 Å². The van der Waals surface area contributed by atoms with Crippen molar-refractivity contribution >= 4 is 11.9 Å². The number of rotatable bonds is 8. The maximum Gasteiger partial charge on any atom is 0.331 e. The zero-order valence-electron chi connectivity index (χ0n) is 13.6. The van der Waals surface area contributed by atoms with E-state index in [0.29, 0.717) is 30.9 Å². The second kappa shape index (κ2) is 8.68. The Bertz CT molecular complexity index is 664. The molecule has 1 aromatic heterocycles. The molecule has 1 fully saturated rings. The van der Waals surface area contributed by atoms with E-state index in [9.17, 15) is 19.1 Å². The van der Waals surface area contributed by atoms with E-state index < -0.39 is 23.9 Å². The third-order valence-corrected chi connectivity index (χ3v) is 4.30. The fourth-order valence-corrected chi connectivity index (χ4v) is 3.08. The topological polar surface area (TPSA) is 120 Å². The Morgan fingerprint density at radius 1 is 1.36 bits per heavy atom. The summed E-state index contributed by atoms with van der Waals surface area (Å²) in [6.45, 7) is 0. The Morgan fingerprint density at radius 2 is 2.12 bits per heavy atom. The van der Waals surface area contributed by atoms with Crippen molar-refractivity contribution in [3.8, 4) is 0 Å². The Labute approximate surface area is 144 Å². The van der Waals surface area contributed by atoms with Crippen molar-refractivity contribution in [3.63, 3.8) is 0 Å². The molecule has 3 atom stereocenters. The van der Waals surface area contributed by atoms with Crippen molar-refractivity contribution in [2.45, 2.75) is 50.3 Å². The number of hydrogen-bond acceptors (Lipinski definition) is 5. The van der Waals surface area contributed by atoms with Gasteiger partial charge in [0.1, 0.15) is 5.82 Å². The van der Waals surface area contributed by atoms with Gasteiger partial charge in [0.25, 0.3) is 0 Å². The molecule has 1 saturated heterocycles. The van der Waals surface area contributed by atoms with Crippen molar-refractivity contribution in [2.24, 2.45) is 0 Å². The highest BCUT2D eigenvalue weighted by molar-refractivity contribution is 5.94. The summed E-state index contributed by atoms with van der Waals surface area (Å²) in [4.78, 5) is 25.3. The predicted molar refractivity (Wildman–Crippen MR) is 86.3 cm³/mol. The maximum atomic E-state index is 13.2. The molecule has 0 aliphatic carbocycles. The van der Waals surface area contributed by atoms with Gasteiger partial charge in [-0.1, -0.05) is 0 Å². The number of aliphatic hydroxyl groups excluding tert-OH is 1. The number of nitrogens with zero attached hydrogens (tertiary/aromatic N) is 1. The standard InChI is InChI=1S/C17H21FN2O5/c18-12-6-11(8-19-9-12)16(23)14-5-4-13(20-14)3-1-2-10(17(24)25)7-15(21)22/h6-9,13-14,16,20,23H,1-5H2,(H,21,22)(H,24,25)/b10-7-/t13-,14-,16+/m1/s1. The summed E-state index contributed by atoms with van der Waals surface area (Å²) in [6, 6.07) is 1.13. The van der Waals surface area contributed by atoms with Gasteiger partial charge in [-0.25, -0.2) is 14.0 Å². The number of carboxylic acids is 2. The van der Waals surface area contributed by atoms with Crippen LogP contribution < -0.4 is 5.32 Å². The average Bonchev–Trinajstić information content (AvgIpc) is 3.01. The lowest BCUT2D eigenvalue weighted by Crippen LogP contribution is -2.34. The Morgan fingerprint density at radius 3 is 2.76 bits per heavy atom. The lowest BCUT2D eigenvalue weighted by atomic mass is 10.0. The van der Waals surface area contributed by atoms with Crippen LogP contribution in [0.25, 0.3) is 0 Å². The van der Waals surface area contributed by atoms with E-state index in [-0.39, 0.29) is 24.1 Å². The maximum absolute atomic E-state index is 13.2. The first-order valence-electron chi connectivity index (χ1n) is 8.08. The number of carboxylic acid groups (broad SMARTS) is 2. The largest absolute Gasteiger partial charge is 0.478 e. The van der Waals surface area contributed by atoms with Gasteiger partial charge in [-0.2, -0.15) is 0 Å². The quantitative estimate of drug-likeness (QED) is 0.525. The number of nitrogens with one attached hydrogen (secondary N) is 1. The van der Waals surface area contributed by atoms with Gasteiger partial charge in [0, 0.05) is 35.5 Å². The van der Waals surface area contributed by atoms with Gasteiger partial charge < -0.3 is 20.6 Å². The summed E-state index contributed by atoms with van der Waals surface area (Å²) in [7, 11) is 0. The van der Waals surface area contributed by atoms with Crippen LogP contribution in [0.2, 0.25) is 0 Å². The van der Waals surface area contributed by atoms with Crippen LogP contribution in [-0.2, 0) is 9.59 Å². The summed E-state index contributed by atoms with van der Waals surface area (Å²) >= 11 is 0. The second-order valence-electron chi connectivity index (χ2n) is 6.13. The van der Waals surface area contributed by atoms with Gasteiger partial charge in [0.15, 0.2) is 0 Å². The Kier molecular flexibility index (Phi) is 6.60. The molecule has 4 N–H and O–H groups in total. The minimum absolute atomic E-state index is 0.0982. The zero-order valence-corrected chi connectivity index (χ0v) is 13.6. The second-order valence-corrected chi connectivity index (χ2v) is 6.13. The van der Waals surface area contributed by atoms with Crippen LogP contribution in [0.4, 0.5) is 4.39 Å². The highest BCUT2D eigenvalue weighted by Gasteiger charge is 2.30. The average molecular weight is 352 g/mol. The van der Waals surface area contributed by atoms with Gasteiger partial charge in [-0.05, 0) is 38.2 Å².